The molecule has 0 fully saturated rings. The zero-order valence-corrected chi connectivity index (χ0v) is 8.41. The third-order valence-electron chi connectivity index (χ3n) is 2.11. The van der Waals surface area contributed by atoms with Crippen molar-refractivity contribution in [2.24, 2.45) is 5.14 Å². The highest BCUT2D eigenvalue weighted by molar-refractivity contribution is 7.89. The molecule has 0 aliphatic carbocycles. The van der Waals surface area contributed by atoms with Gasteiger partial charge in [0.2, 0.25) is 10.0 Å². The van der Waals surface area contributed by atoms with Crippen molar-refractivity contribution in [1.82, 2.24) is 4.98 Å². The van der Waals surface area contributed by atoms with E-state index in [9.17, 15) is 13.2 Å². The number of hydrogen-bond donors (Lipinski definition) is 2. The highest BCUT2D eigenvalue weighted by Gasteiger charge is 2.14. The normalized spacial score (nSPS) is 11.8. The van der Waals surface area contributed by atoms with Crippen LogP contribution in [-0.4, -0.2) is 19.7 Å². The molecule has 3 N–H and O–H groups in total. The number of aldehydes is 1. The van der Waals surface area contributed by atoms with Crippen LogP contribution in [0, 0.1) is 0 Å². The van der Waals surface area contributed by atoms with Crippen LogP contribution in [0.4, 0.5) is 0 Å². The largest absolute Gasteiger partial charge is 0.360 e. The van der Waals surface area contributed by atoms with Crippen molar-refractivity contribution < 1.29 is 13.2 Å². The molecule has 2 rings (SSSR count). The first-order valence-corrected chi connectivity index (χ1v) is 5.66. The van der Waals surface area contributed by atoms with E-state index in [1.807, 2.05) is 0 Å². The van der Waals surface area contributed by atoms with Crippen LogP contribution in [0.25, 0.3) is 10.9 Å². The summed E-state index contributed by atoms with van der Waals surface area (Å²) in [5, 5.41) is 5.46. The van der Waals surface area contributed by atoms with Crippen LogP contribution < -0.4 is 5.14 Å². The molecule has 1 aromatic heterocycles. The van der Waals surface area contributed by atoms with Crippen LogP contribution in [0.1, 0.15) is 10.4 Å². The Balaban J connectivity index is 2.83. The van der Waals surface area contributed by atoms with Gasteiger partial charge in [0.25, 0.3) is 0 Å². The van der Waals surface area contributed by atoms with Crippen molar-refractivity contribution in [2.75, 3.05) is 0 Å². The predicted octanol–water partition coefficient (Wildman–Crippen LogP) is 0.628. The Labute approximate surface area is 85.9 Å². The molecule has 0 amide bonds. The van der Waals surface area contributed by atoms with E-state index in [0.717, 1.165) is 0 Å². The maximum atomic E-state index is 11.2. The molecule has 0 aliphatic rings. The number of sulfonamides is 1. The number of rotatable bonds is 2. The van der Waals surface area contributed by atoms with E-state index in [-0.39, 0.29) is 4.90 Å². The molecule has 6 heteroatoms. The molecular formula is C9H8N2O3S. The van der Waals surface area contributed by atoms with E-state index in [1.54, 1.807) is 12.1 Å². The van der Waals surface area contributed by atoms with Gasteiger partial charge in [-0.1, -0.05) is 0 Å². The monoisotopic (exact) mass is 224 g/mol. The van der Waals surface area contributed by atoms with Crippen LogP contribution in [0.3, 0.4) is 0 Å². The lowest BCUT2D eigenvalue weighted by molar-refractivity contribution is 0.112. The average molecular weight is 224 g/mol. The topological polar surface area (TPSA) is 93.0 Å². The second-order valence-electron chi connectivity index (χ2n) is 3.12. The molecule has 1 aromatic carbocycles. The lowest BCUT2D eigenvalue weighted by atomic mass is 10.2. The van der Waals surface area contributed by atoms with Crippen LogP contribution in [-0.2, 0) is 10.0 Å². The zero-order valence-electron chi connectivity index (χ0n) is 7.60. The van der Waals surface area contributed by atoms with Gasteiger partial charge in [-0.05, 0) is 18.2 Å². The summed E-state index contributed by atoms with van der Waals surface area (Å²) in [6.45, 7) is 0. The van der Waals surface area contributed by atoms with E-state index >= 15 is 0 Å². The smallest absolute Gasteiger partial charge is 0.240 e. The molecule has 0 aliphatic heterocycles. The first-order chi connectivity index (χ1) is 7.02. The third-order valence-corrected chi connectivity index (χ3v) is 3.06. The van der Waals surface area contributed by atoms with E-state index < -0.39 is 10.0 Å². The van der Waals surface area contributed by atoms with Crippen molar-refractivity contribution in [3.63, 3.8) is 0 Å². The fraction of sp³-hybridized carbons (Fsp3) is 0. The molecular weight excluding hydrogens is 216 g/mol. The second kappa shape index (κ2) is 3.18. The number of carbonyl (C=O) groups excluding carboxylic acids is 1. The number of nitrogens with two attached hydrogens (primary N) is 1. The molecule has 15 heavy (non-hydrogen) atoms. The summed E-state index contributed by atoms with van der Waals surface area (Å²) < 4.78 is 22.4. The minimum atomic E-state index is -3.76. The first-order valence-electron chi connectivity index (χ1n) is 4.11. The van der Waals surface area contributed by atoms with Gasteiger partial charge in [-0.25, -0.2) is 13.6 Å². The van der Waals surface area contributed by atoms with Gasteiger partial charge >= 0.3 is 0 Å². The number of aromatic amines is 1. The highest BCUT2D eigenvalue weighted by Crippen LogP contribution is 2.22. The molecule has 2 aromatic rings. The van der Waals surface area contributed by atoms with Gasteiger partial charge in [-0.2, -0.15) is 0 Å². The summed E-state index contributed by atoms with van der Waals surface area (Å²) in [5.41, 5.74) is 1.04. The standard InChI is InChI=1S/C9H8N2O3S/c10-15(13,14)9-4-11-8-2-1-6(5-12)3-7(8)9/h1-5,11H,(H2,10,13,14). The van der Waals surface area contributed by atoms with E-state index in [0.29, 0.717) is 22.8 Å². The van der Waals surface area contributed by atoms with Gasteiger partial charge in [0.05, 0.1) is 0 Å². The van der Waals surface area contributed by atoms with E-state index in [2.05, 4.69) is 4.98 Å². The molecule has 1 heterocycles. The molecule has 0 atom stereocenters. The SMILES string of the molecule is NS(=O)(=O)c1c[nH]c2ccc(C=O)cc12. The Hall–Kier alpha value is -1.66. The second-order valence-corrected chi connectivity index (χ2v) is 4.65. The number of fused-ring (bicyclic) bond motifs is 1. The molecule has 5 nitrogen and oxygen atoms in total. The van der Waals surface area contributed by atoms with Gasteiger partial charge in [0, 0.05) is 22.7 Å². The summed E-state index contributed by atoms with van der Waals surface area (Å²) in [5.74, 6) is 0. The van der Waals surface area contributed by atoms with Crippen molar-refractivity contribution in [3.8, 4) is 0 Å². The number of aromatic nitrogens is 1. The van der Waals surface area contributed by atoms with Gasteiger partial charge in [0.15, 0.2) is 0 Å². The highest BCUT2D eigenvalue weighted by atomic mass is 32.2. The number of nitrogens with one attached hydrogen (secondary N) is 1. The molecule has 0 unspecified atom stereocenters. The fourth-order valence-corrected chi connectivity index (χ4v) is 2.12. The van der Waals surface area contributed by atoms with Crippen LogP contribution >= 0.6 is 0 Å². The molecule has 0 saturated heterocycles. The number of primary sulfonamides is 1. The Morgan fingerprint density at radius 3 is 2.67 bits per heavy atom. The summed E-state index contributed by atoms with van der Waals surface area (Å²) in [7, 11) is -3.76. The van der Waals surface area contributed by atoms with Crippen molar-refractivity contribution in [2.45, 2.75) is 4.90 Å². The number of H-pyrrole nitrogens is 1. The number of carbonyl (C=O) groups is 1. The Morgan fingerprint density at radius 1 is 1.33 bits per heavy atom. The minimum Gasteiger partial charge on any atom is -0.360 e. The summed E-state index contributed by atoms with van der Waals surface area (Å²) in [6.07, 6.45) is 1.97. The van der Waals surface area contributed by atoms with Crippen molar-refractivity contribution in [3.05, 3.63) is 30.0 Å². The molecule has 0 radical (unpaired) electrons. The number of benzene rings is 1. The van der Waals surface area contributed by atoms with Crippen LogP contribution in [0.5, 0.6) is 0 Å². The third kappa shape index (κ3) is 1.64. The van der Waals surface area contributed by atoms with Gasteiger partial charge < -0.3 is 4.98 Å². The fourth-order valence-electron chi connectivity index (χ4n) is 1.42. The lowest BCUT2D eigenvalue weighted by Gasteiger charge is -1.95. The molecule has 0 bridgehead atoms. The Morgan fingerprint density at radius 2 is 2.07 bits per heavy atom. The van der Waals surface area contributed by atoms with E-state index in [1.165, 1.54) is 12.3 Å². The molecule has 0 spiro atoms. The molecule has 0 saturated carbocycles. The lowest BCUT2D eigenvalue weighted by Crippen LogP contribution is -2.11. The quantitative estimate of drug-likeness (QED) is 0.732. The van der Waals surface area contributed by atoms with Crippen molar-refractivity contribution >= 4 is 27.2 Å². The maximum absolute atomic E-state index is 11.2. The van der Waals surface area contributed by atoms with Gasteiger partial charge in [0.1, 0.15) is 11.2 Å². The van der Waals surface area contributed by atoms with Crippen molar-refractivity contribution in [1.29, 1.82) is 0 Å². The summed E-state index contributed by atoms with van der Waals surface area (Å²) >= 11 is 0. The average Bonchev–Trinajstić information content (AvgIpc) is 2.59. The van der Waals surface area contributed by atoms with Gasteiger partial charge in [-0.3, -0.25) is 4.79 Å². The maximum Gasteiger partial charge on any atom is 0.240 e. The van der Waals surface area contributed by atoms with E-state index in [4.69, 9.17) is 5.14 Å². The Bertz CT molecular complexity index is 628. The molecule has 78 valence electrons. The first kappa shape index (κ1) is 9.88. The Kier molecular flexibility index (Phi) is 2.09. The number of hydrogen-bond acceptors (Lipinski definition) is 3. The predicted molar refractivity (Wildman–Crippen MR) is 55.1 cm³/mol. The summed E-state index contributed by atoms with van der Waals surface area (Å²) in [4.78, 5) is 13.3. The van der Waals surface area contributed by atoms with Crippen LogP contribution in [0.2, 0.25) is 0 Å². The van der Waals surface area contributed by atoms with Gasteiger partial charge in [-0.15, -0.1) is 0 Å². The zero-order chi connectivity index (χ0) is 11.1. The van der Waals surface area contributed by atoms with Crippen LogP contribution in [0.15, 0.2) is 29.3 Å². The minimum absolute atomic E-state index is 0.00111. The summed E-state index contributed by atoms with van der Waals surface area (Å²) in [6, 6.07) is 4.71.